The van der Waals surface area contributed by atoms with Crippen molar-refractivity contribution in [3.63, 3.8) is 0 Å². The van der Waals surface area contributed by atoms with Crippen LogP contribution >= 0.6 is 0 Å². The van der Waals surface area contributed by atoms with Gasteiger partial charge in [-0.05, 0) is 25.7 Å². The molecule has 0 heterocycles. The predicted molar refractivity (Wildman–Crippen MR) is 59.9 cm³/mol. The number of nitrogens with zero attached hydrogens (tertiary/aromatic N) is 1. The molecule has 0 N–H and O–H groups in total. The van der Waals surface area contributed by atoms with Gasteiger partial charge in [0, 0.05) is 40.5 Å². The molecule has 90 valence electrons. The van der Waals surface area contributed by atoms with E-state index >= 15 is 0 Å². The van der Waals surface area contributed by atoms with E-state index in [0.29, 0.717) is 0 Å². The highest BCUT2D eigenvalue weighted by atomic mass is 16.5. The number of hydrogen-bond acceptors (Lipinski definition) is 3. The summed E-state index contributed by atoms with van der Waals surface area (Å²) in [6, 6.07) is 0. The van der Waals surface area contributed by atoms with Crippen LogP contribution in [0.15, 0.2) is 0 Å². The minimum atomic E-state index is 0.774. The Morgan fingerprint density at radius 3 is 1.73 bits per heavy atom. The molecule has 0 aromatic carbocycles. The van der Waals surface area contributed by atoms with Gasteiger partial charge in [-0.15, -0.1) is 0 Å². The summed E-state index contributed by atoms with van der Waals surface area (Å²) in [7, 11) is 3.39. The van der Waals surface area contributed by atoms with Gasteiger partial charge in [0.05, 0.1) is 0 Å². The molecule has 0 bridgehead atoms. The number of carbonyl (C=O) groups is 1. The first-order valence-corrected chi connectivity index (χ1v) is 5.52. The Hall–Kier alpha value is -0.610. The highest BCUT2D eigenvalue weighted by Crippen LogP contribution is 1.97. The van der Waals surface area contributed by atoms with E-state index in [4.69, 9.17) is 9.47 Å². The van der Waals surface area contributed by atoms with Gasteiger partial charge in [0.2, 0.25) is 6.41 Å². The smallest absolute Gasteiger partial charge is 0.209 e. The molecule has 0 unspecified atom stereocenters. The monoisotopic (exact) mass is 217 g/mol. The largest absolute Gasteiger partial charge is 0.385 e. The molecule has 0 spiro atoms. The van der Waals surface area contributed by atoms with Crippen molar-refractivity contribution < 1.29 is 14.3 Å². The van der Waals surface area contributed by atoms with E-state index in [1.165, 1.54) is 0 Å². The number of methoxy groups -OCH3 is 2. The highest BCUT2D eigenvalue weighted by molar-refractivity contribution is 5.46. The predicted octanol–water partition coefficient (Wildman–Crippen LogP) is 1.30. The Balaban J connectivity index is 3.34. The summed E-state index contributed by atoms with van der Waals surface area (Å²) in [5.74, 6) is 0. The molecule has 0 fully saturated rings. The number of unbranched alkanes of at least 4 members (excludes halogenated alkanes) is 2. The number of ether oxygens (including phenoxy) is 2. The zero-order valence-electron chi connectivity index (χ0n) is 9.91. The summed E-state index contributed by atoms with van der Waals surface area (Å²) in [4.78, 5) is 12.5. The molecule has 0 radical (unpaired) electrons. The lowest BCUT2D eigenvalue weighted by Gasteiger charge is -2.16. The van der Waals surface area contributed by atoms with Gasteiger partial charge in [0.1, 0.15) is 0 Å². The maximum atomic E-state index is 10.7. The van der Waals surface area contributed by atoms with Gasteiger partial charge in [-0.3, -0.25) is 4.79 Å². The Bertz CT molecular complexity index is 130. The van der Waals surface area contributed by atoms with Crippen LogP contribution in [0.25, 0.3) is 0 Å². The number of amides is 1. The maximum absolute atomic E-state index is 10.7. The summed E-state index contributed by atoms with van der Waals surface area (Å²) in [5, 5.41) is 0. The number of hydrogen-bond donors (Lipinski definition) is 0. The molecule has 4 heteroatoms. The van der Waals surface area contributed by atoms with E-state index in [-0.39, 0.29) is 0 Å². The molecular weight excluding hydrogens is 194 g/mol. The zero-order chi connectivity index (χ0) is 11.4. The van der Waals surface area contributed by atoms with Crippen LogP contribution in [-0.4, -0.2) is 51.8 Å². The Kier molecular flexibility index (Phi) is 11.0. The third-order valence-corrected chi connectivity index (χ3v) is 2.24. The van der Waals surface area contributed by atoms with Gasteiger partial charge in [-0.2, -0.15) is 0 Å². The van der Waals surface area contributed by atoms with Crippen LogP contribution in [0.1, 0.15) is 25.7 Å². The van der Waals surface area contributed by atoms with Crippen LogP contribution in [-0.2, 0) is 14.3 Å². The van der Waals surface area contributed by atoms with E-state index in [1.54, 1.807) is 14.2 Å². The van der Waals surface area contributed by atoms with E-state index < -0.39 is 0 Å². The number of rotatable bonds is 11. The topological polar surface area (TPSA) is 38.8 Å². The summed E-state index contributed by atoms with van der Waals surface area (Å²) in [6.07, 6.45) is 4.98. The average molecular weight is 217 g/mol. The average Bonchev–Trinajstić information content (AvgIpc) is 2.27. The van der Waals surface area contributed by atoms with Crippen molar-refractivity contribution in [3.05, 3.63) is 0 Å². The summed E-state index contributed by atoms with van der Waals surface area (Å²) < 4.78 is 9.89. The quantitative estimate of drug-likeness (QED) is 0.387. The van der Waals surface area contributed by atoms with E-state index in [1.807, 2.05) is 4.90 Å². The minimum absolute atomic E-state index is 0.774. The molecule has 4 nitrogen and oxygen atoms in total. The van der Waals surface area contributed by atoms with Gasteiger partial charge in [0.15, 0.2) is 0 Å². The van der Waals surface area contributed by atoms with Crippen molar-refractivity contribution in [2.24, 2.45) is 0 Å². The van der Waals surface area contributed by atoms with Crippen LogP contribution in [0, 0.1) is 0 Å². The molecule has 15 heavy (non-hydrogen) atoms. The lowest BCUT2D eigenvalue weighted by molar-refractivity contribution is -0.118. The van der Waals surface area contributed by atoms with Crippen LogP contribution < -0.4 is 0 Å². The molecule has 0 saturated heterocycles. The fourth-order valence-corrected chi connectivity index (χ4v) is 1.34. The van der Waals surface area contributed by atoms with Crippen molar-refractivity contribution >= 4 is 6.41 Å². The first kappa shape index (κ1) is 14.4. The van der Waals surface area contributed by atoms with Crippen LogP contribution in [0.3, 0.4) is 0 Å². The van der Waals surface area contributed by atoms with Gasteiger partial charge >= 0.3 is 0 Å². The third kappa shape index (κ3) is 9.69. The van der Waals surface area contributed by atoms with Gasteiger partial charge in [0.25, 0.3) is 0 Å². The normalized spacial score (nSPS) is 10.3. The second-order valence-corrected chi connectivity index (χ2v) is 3.54. The van der Waals surface area contributed by atoms with Crippen molar-refractivity contribution in [3.8, 4) is 0 Å². The van der Waals surface area contributed by atoms with Crippen molar-refractivity contribution in [2.75, 3.05) is 40.5 Å². The van der Waals surface area contributed by atoms with Gasteiger partial charge in [-0.1, -0.05) is 0 Å². The highest BCUT2D eigenvalue weighted by Gasteiger charge is 2.00. The lowest BCUT2D eigenvalue weighted by Crippen LogP contribution is -2.24. The second-order valence-electron chi connectivity index (χ2n) is 3.54. The molecule has 0 saturated carbocycles. The molecule has 0 rings (SSSR count). The van der Waals surface area contributed by atoms with Crippen LogP contribution in [0.2, 0.25) is 0 Å². The summed E-state index contributed by atoms with van der Waals surface area (Å²) >= 11 is 0. The van der Waals surface area contributed by atoms with E-state index in [2.05, 4.69) is 0 Å². The summed E-state index contributed by atoms with van der Waals surface area (Å²) in [6.45, 7) is 3.21. The van der Waals surface area contributed by atoms with E-state index in [9.17, 15) is 4.79 Å². The molecule has 0 aromatic heterocycles. The fraction of sp³-hybridized carbons (Fsp3) is 0.909. The van der Waals surface area contributed by atoms with E-state index in [0.717, 1.165) is 58.4 Å². The fourth-order valence-electron chi connectivity index (χ4n) is 1.34. The molecule has 0 aliphatic rings. The Morgan fingerprint density at radius 2 is 1.40 bits per heavy atom. The van der Waals surface area contributed by atoms with Crippen molar-refractivity contribution in [2.45, 2.75) is 25.7 Å². The second kappa shape index (κ2) is 11.5. The standard InChI is InChI=1S/C11H23NO3/c1-14-9-5-3-7-12(11-13)8-4-6-10-15-2/h11H,3-10H2,1-2H3. The zero-order valence-corrected chi connectivity index (χ0v) is 9.91. The van der Waals surface area contributed by atoms with Gasteiger partial charge in [-0.25, -0.2) is 0 Å². The maximum Gasteiger partial charge on any atom is 0.209 e. The van der Waals surface area contributed by atoms with Gasteiger partial charge < -0.3 is 14.4 Å². The Morgan fingerprint density at radius 1 is 0.933 bits per heavy atom. The molecule has 1 amide bonds. The molecular formula is C11H23NO3. The summed E-state index contributed by atoms with van der Waals surface area (Å²) in [5.41, 5.74) is 0. The SMILES string of the molecule is COCCCCN(C=O)CCCCOC. The van der Waals surface area contributed by atoms with Crippen molar-refractivity contribution in [1.82, 2.24) is 4.90 Å². The van der Waals surface area contributed by atoms with Crippen LogP contribution in [0.5, 0.6) is 0 Å². The van der Waals surface area contributed by atoms with Crippen LogP contribution in [0.4, 0.5) is 0 Å². The van der Waals surface area contributed by atoms with Crippen molar-refractivity contribution in [1.29, 1.82) is 0 Å². The first-order valence-electron chi connectivity index (χ1n) is 5.52. The molecule has 0 aliphatic carbocycles. The third-order valence-electron chi connectivity index (χ3n) is 2.24. The Labute approximate surface area is 92.5 Å². The molecule has 0 aromatic rings. The minimum Gasteiger partial charge on any atom is -0.385 e. The molecule has 0 aliphatic heterocycles. The molecule has 0 atom stereocenters. The lowest BCUT2D eigenvalue weighted by atomic mass is 10.2. The number of carbonyl (C=O) groups excluding carboxylic acids is 1. The first-order chi connectivity index (χ1) is 7.35.